The van der Waals surface area contributed by atoms with Gasteiger partial charge in [0.1, 0.15) is 18.5 Å². The van der Waals surface area contributed by atoms with Gasteiger partial charge in [-0.1, -0.05) is 26.0 Å². The molecule has 1 aromatic carbocycles. The molecule has 5 aliphatic rings. The van der Waals surface area contributed by atoms with Gasteiger partial charge in [-0.25, -0.2) is 4.79 Å². The van der Waals surface area contributed by atoms with Crippen LogP contribution in [0.5, 0.6) is 5.75 Å². The number of esters is 2. The third kappa shape index (κ3) is 5.69. The zero-order valence-corrected chi connectivity index (χ0v) is 26.5. The van der Waals surface area contributed by atoms with Gasteiger partial charge in [0.15, 0.2) is 0 Å². The number of cyclic esters (lactones) is 1. The SMILES string of the molecule is C[C@]12CC[C@H](OC(=O)CC(CCc3ccc(O)cc3)CC(=O)O)C[C@H]1CC[C@@H]1[C@@H]2C[C@@H](O)[C@]2(C)[C@@H](C3=CC(=O)OC3)CCC12O. The lowest BCUT2D eigenvalue weighted by molar-refractivity contribution is -0.245. The van der Waals surface area contributed by atoms with E-state index < -0.39 is 23.1 Å². The number of hydrogen-bond donors (Lipinski definition) is 4. The molecule has 4 aliphatic carbocycles. The number of rotatable bonds is 9. The number of phenolic OH excluding ortho intramolecular Hbond substituents is 1. The predicted molar refractivity (Wildman–Crippen MR) is 164 cm³/mol. The summed E-state index contributed by atoms with van der Waals surface area (Å²) < 4.78 is 11.2. The van der Waals surface area contributed by atoms with Crippen molar-refractivity contribution in [3.8, 4) is 5.75 Å². The molecule has 246 valence electrons. The minimum absolute atomic E-state index is 0.0551. The van der Waals surface area contributed by atoms with Crippen molar-refractivity contribution in [2.24, 2.45) is 40.4 Å². The van der Waals surface area contributed by atoms with Gasteiger partial charge in [-0.2, -0.15) is 0 Å². The maximum atomic E-state index is 13.1. The highest BCUT2D eigenvalue weighted by molar-refractivity contribution is 5.85. The fourth-order valence-corrected chi connectivity index (χ4v) is 10.5. The third-order valence-electron chi connectivity index (χ3n) is 13.0. The summed E-state index contributed by atoms with van der Waals surface area (Å²) >= 11 is 0. The van der Waals surface area contributed by atoms with E-state index >= 15 is 0 Å². The van der Waals surface area contributed by atoms with Crippen molar-refractivity contribution in [1.82, 2.24) is 0 Å². The lowest BCUT2D eigenvalue weighted by Gasteiger charge is -2.65. The maximum Gasteiger partial charge on any atom is 0.331 e. The fraction of sp³-hybridized carbons (Fsp3) is 0.694. The van der Waals surface area contributed by atoms with Gasteiger partial charge in [0, 0.05) is 24.3 Å². The number of hydrogen-bond acceptors (Lipinski definition) is 8. The molecule has 4 N–H and O–H groups in total. The molecule has 0 saturated heterocycles. The van der Waals surface area contributed by atoms with E-state index in [4.69, 9.17) is 9.47 Å². The Labute approximate surface area is 265 Å². The molecule has 2 unspecified atom stereocenters. The lowest BCUT2D eigenvalue weighted by Crippen LogP contribution is -2.67. The zero-order chi connectivity index (χ0) is 32.1. The van der Waals surface area contributed by atoms with Crippen molar-refractivity contribution in [3.63, 3.8) is 0 Å². The van der Waals surface area contributed by atoms with Gasteiger partial charge in [0.25, 0.3) is 0 Å². The Kier molecular flexibility index (Phi) is 8.57. The summed E-state index contributed by atoms with van der Waals surface area (Å²) in [5.74, 6) is -1.38. The number of carbonyl (C=O) groups is 3. The van der Waals surface area contributed by atoms with Crippen LogP contribution >= 0.6 is 0 Å². The Hall–Kier alpha value is -2.91. The number of aliphatic hydroxyl groups is 2. The average Bonchev–Trinajstić information content (AvgIpc) is 3.53. The quantitative estimate of drug-likeness (QED) is 0.280. The van der Waals surface area contributed by atoms with Gasteiger partial charge in [-0.15, -0.1) is 0 Å². The van der Waals surface area contributed by atoms with E-state index in [1.807, 2.05) is 6.92 Å². The first-order valence-corrected chi connectivity index (χ1v) is 16.8. The van der Waals surface area contributed by atoms with E-state index in [1.54, 1.807) is 30.3 Å². The number of carboxylic acid groups (broad SMARTS) is 1. The van der Waals surface area contributed by atoms with E-state index in [9.17, 15) is 34.8 Å². The number of carbonyl (C=O) groups excluding carboxylic acids is 2. The molecule has 1 heterocycles. The number of carboxylic acids is 1. The molecular weight excluding hydrogens is 576 g/mol. The summed E-state index contributed by atoms with van der Waals surface area (Å²) in [6.45, 7) is 4.56. The van der Waals surface area contributed by atoms with Gasteiger partial charge in [0.05, 0.1) is 11.7 Å². The van der Waals surface area contributed by atoms with Gasteiger partial charge in [0.2, 0.25) is 0 Å². The van der Waals surface area contributed by atoms with Crippen LogP contribution in [0.1, 0.15) is 90.0 Å². The number of benzene rings is 1. The number of aromatic hydroxyl groups is 1. The lowest BCUT2D eigenvalue weighted by atomic mass is 9.42. The van der Waals surface area contributed by atoms with Crippen LogP contribution in [0.4, 0.5) is 0 Å². The first-order chi connectivity index (χ1) is 21.3. The smallest absolute Gasteiger partial charge is 0.331 e. The highest BCUT2D eigenvalue weighted by atomic mass is 16.5. The molecule has 9 nitrogen and oxygen atoms in total. The van der Waals surface area contributed by atoms with Crippen molar-refractivity contribution in [2.45, 2.75) is 109 Å². The maximum absolute atomic E-state index is 13.1. The molecule has 1 aromatic rings. The second-order valence-electron chi connectivity index (χ2n) is 15.1. The van der Waals surface area contributed by atoms with Crippen LogP contribution in [0.3, 0.4) is 0 Å². The first kappa shape index (κ1) is 32.0. The Morgan fingerprint density at radius 1 is 1.02 bits per heavy atom. The molecule has 0 bridgehead atoms. The van der Waals surface area contributed by atoms with Crippen LogP contribution in [0.15, 0.2) is 35.9 Å². The van der Waals surface area contributed by atoms with Crippen LogP contribution < -0.4 is 0 Å². The van der Waals surface area contributed by atoms with Crippen LogP contribution in [-0.4, -0.2) is 62.7 Å². The summed E-state index contributed by atoms with van der Waals surface area (Å²) in [6, 6.07) is 6.81. The molecule has 45 heavy (non-hydrogen) atoms. The van der Waals surface area contributed by atoms with Crippen molar-refractivity contribution in [3.05, 3.63) is 41.5 Å². The van der Waals surface area contributed by atoms with Crippen LogP contribution in [0, 0.1) is 40.4 Å². The van der Waals surface area contributed by atoms with Crippen LogP contribution in [0.25, 0.3) is 0 Å². The minimum atomic E-state index is -1.02. The molecule has 0 aromatic heterocycles. The average molecular weight is 625 g/mol. The third-order valence-corrected chi connectivity index (χ3v) is 13.0. The van der Waals surface area contributed by atoms with Crippen molar-refractivity contribution in [2.75, 3.05) is 6.61 Å². The summed E-state index contributed by atoms with van der Waals surface area (Å²) in [5.41, 5.74) is 0.0132. The van der Waals surface area contributed by atoms with Crippen molar-refractivity contribution in [1.29, 1.82) is 0 Å². The Bertz CT molecular complexity index is 1340. The molecule has 9 heteroatoms. The molecule has 1 aliphatic heterocycles. The van der Waals surface area contributed by atoms with Crippen LogP contribution in [-0.2, 0) is 30.3 Å². The molecule has 4 fully saturated rings. The molecule has 6 rings (SSSR count). The van der Waals surface area contributed by atoms with E-state index in [2.05, 4.69) is 6.92 Å². The van der Waals surface area contributed by atoms with E-state index in [-0.39, 0.29) is 72.3 Å². The Morgan fingerprint density at radius 3 is 2.47 bits per heavy atom. The van der Waals surface area contributed by atoms with Gasteiger partial charge in [-0.3, -0.25) is 9.59 Å². The normalized spacial score (nSPS) is 39.6. The van der Waals surface area contributed by atoms with Gasteiger partial charge < -0.3 is 29.9 Å². The predicted octanol–water partition coefficient (Wildman–Crippen LogP) is 4.95. The molecule has 4 saturated carbocycles. The molecule has 0 spiro atoms. The monoisotopic (exact) mass is 624 g/mol. The summed E-state index contributed by atoms with van der Waals surface area (Å²) in [7, 11) is 0. The largest absolute Gasteiger partial charge is 0.508 e. The highest BCUT2D eigenvalue weighted by Gasteiger charge is 2.70. The van der Waals surface area contributed by atoms with E-state index in [0.29, 0.717) is 38.0 Å². The summed E-state index contributed by atoms with van der Waals surface area (Å²) in [5, 5.41) is 43.2. The Morgan fingerprint density at radius 2 is 1.78 bits per heavy atom. The highest BCUT2D eigenvalue weighted by Crippen LogP contribution is 2.70. The number of aryl methyl sites for hydroxylation is 1. The zero-order valence-electron chi connectivity index (χ0n) is 26.5. The second kappa shape index (κ2) is 12.0. The molecule has 10 atom stereocenters. The number of fused-ring (bicyclic) bond motifs is 5. The van der Waals surface area contributed by atoms with Crippen molar-refractivity contribution < 1.29 is 44.3 Å². The summed E-state index contributed by atoms with van der Waals surface area (Å²) in [4.78, 5) is 36.5. The van der Waals surface area contributed by atoms with E-state index in [0.717, 1.165) is 43.2 Å². The molecule has 0 radical (unpaired) electrons. The molecule has 0 amide bonds. The fourth-order valence-electron chi connectivity index (χ4n) is 10.5. The number of phenols is 1. The van der Waals surface area contributed by atoms with Gasteiger partial charge >= 0.3 is 17.9 Å². The second-order valence-corrected chi connectivity index (χ2v) is 15.1. The van der Waals surface area contributed by atoms with Crippen LogP contribution in [0.2, 0.25) is 0 Å². The first-order valence-electron chi connectivity index (χ1n) is 16.8. The number of ether oxygens (including phenoxy) is 2. The number of aliphatic carboxylic acids is 1. The minimum Gasteiger partial charge on any atom is -0.508 e. The van der Waals surface area contributed by atoms with E-state index in [1.165, 1.54) is 0 Å². The number of aliphatic hydroxyl groups excluding tert-OH is 1. The summed E-state index contributed by atoms with van der Waals surface area (Å²) in [6.07, 6.45) is 7.72. The standard InChI is InChI=1S/C36H48O9/c1-34-13-11-26(45-33(42)16-22(15-31(39)40)4-3-21-5-8-25(37)9-6-21)18-24(34)7-10-28-29(34)19-30(38)35(2)27(12-14-36(28,35)43)23-17-32(41)44-20-23/h5-6,8-9,17,22,24,26-30,37-38,43H,3-4,7,10-16,18-20H2,1-2H3,(H,39,40)/t22?,24-,26+,27-,28-,29+,30-,34+,35+,36?/m1/s1. The van der Waals surface area contributed by atoms with Gasteiger partial charge in [-0.05, 0) is 122 Å². The molecular formula is C36H48O9. The topological polar surface area (TPSA) is 151 Å². The Balaban J connectivity index is 1.09. The van der Waals surface area contributed by atoms with Crippen molar-refractivity contribution >= 4 is 17.9 Å².